The van der Waals surface area contributed by atoms with Gasteiger partial charge < -0.3 is 10.2 Å². The van der Waals surface area contributed by atoms with Gasteiger partial charge in [0.2, 0.25) is 0 Å². The van der Waals surface area contributed by atoms with Crippen LogP contribution in [0, 0.1) is 5.92 Å². The SMILES string of the molecule is NCc1ncoc1C1C2CCc3ccccc3C21. The Kier molecular flexibility index (Phi) is 2.12. The van der Waals surface area contributed by atoms with E-state index in [4.69, 9.17) is 10.2 Å². The van der Waals surface area contributed by atoms with Crippen molar-refractivity contribution >= 4 is 0 Å². The molecule has 0 amide bonds. The first-order chi connectivity index (χ1) is 8.90. The van der Waals surface area contributed by atoms with Crippen LogP contribution in [-0.4, -0.2) is 4.98 Å². The van der Waals surface area contributed by atoms with E-state index in [-0.39, 0.29) is 0 Å². The van der Waals surface area contributed by atoms with Gasteiger partial charge in [0, 0.05) is 12.5 Å². The fourth-order valence-electron chi connectivity index (χ4n) is 3.63. The van der Waals surface area contributed by atoms with Crippen molar-refractivity contribution < 1.29 is 4.42 Å². The van der Waals surface area contributed by atoms with Crippen molar-refractivity contribution in [1.82, 2.24) is 4.98 Å². The molecule has 3 nitrogen and oxygen atoms in total. The third-order valence-electron chi connectivity index (χ3n) is 4.50. The summed E-state index contributed by atoms with van der Waals surface area (Å²) < 4.78 is 5.60. The molecule has 0 spiro atoms. The van der Waals surface area contributed by atoms with Crippen molar-refractivity contribution in [3.05, 3.63) is 53.2 Å². The second-order valence-corrected chi connectivity index (χ2v) is 5.32. The van der Waals surface area contributed by atoms with Gasteiger partial charge in [0.25, 0.3) is 0 Å². The predicted octanol–water partition coefficient (Wildman–Crippen LogP) is 2.58. The van der Waals surface area contributed by atoms with E-state index in [0.717, 1.165) is 17.4 Å². The van der Waals surface area contributed by atoms with E-state index in [2.05, 4.69) is 29.2 Å². The Bertz CT molecular complexity index is 590. The molecule has 2 aromatic rings. The van der Waals surface area contributed by atoms with Crippen LogP contribution in [0.15, 0.2) is 35.1 Å². The summed E-state index contributed by atoms with van der Waals surface area (Å²) in [6.45, 7) is 0.476. The van der Waals surface area contributed by atoms with Gasteiger partial charge in [-0.25, -0.2) is 4.98 Å². The fraction of sp³-hybridized carbons (Fsp3) is 0.400. The molecule has 2 aliphatic rings. The Labute approximate surface area is 106 Å². The molecule has 92 valence electrons. The lowest BCUT2D eigenvalue weighted by molar-refractivity contribution is 0.491. The molecule has 3 unspecified atom stereocenters. The van der Waals surface area contributed by atoms with Crippen LogP contribution in [0.25, 0.3) is 0 Å². The number of fused-ring (bicyclic) bond motifs is 3. The Morgan fingerprint density at radius 1 is 1.28 bits per heavy atom. The first kappa shape index (κ1) is 10.3. The summed E-state index contributed by atoms with van der Waals surface area (Å²) in [6, 6.07) is 8.80. The van der Waals surface area contributed by atoms with Crippen LogP contribution in [0.3, 0.4) is 0 Å². The van der Waals surface area contributed by atoms with Crippen LogP contribution in [0.4, 0.5) is 0 Å². The van der Waals surface area contributed by atoms with Crippen molar-refractivity contribution in [2.45, 2.75) is 31.2 Å². The molecule has 1 aromatic carbocycles. The summed E-state index contributed by atoms with van der Waals surface area (Å²) in [6.07, 6.45) is 3.99. The maximum atomic E-state index is 5.72. The molecule has 3 atom stereocenters. The van der Waals surface area contributed by atoms with Crippen LogP contribution in [0.5, 0.6) is 0 Å². The third-order valence-corrected chi connectivity index (χ3v) is 4.50. The van der Waals surface area contributed by atoms with Crippen molar-refractivity contribution in [2.75, 3.05) is 0 Å². The zero-order valence-electron chi connectivity index (χ0n) is 10.2. The lowest BCUT2D eigenvalue weighted by atomic mass is 9.92. The zero-order chi connectivity index (χ0) is 12.1. The van der Waals surface area contributed by atoms with Gasteiger partial charge in [0.1, 0.15) is 5.76 Å². The lowest BCUT2D eigenvalue weighted by Crippen LogP contribution is -2.00. The first-order valence-electron chi connectivity index (χ1n) is 6.60. The molecular formula is C15H16N2O. The highest BCUT2D eigenvalue weighted by Crippen LogP contribution is 2.65. The van der Waals surface area contributed by atoms with Gasteiger partial charge in [-0.3, -0.25) is 0 Å². The van der Waals surface area contributed by atoms with Crippen LogP contribution in [0.1, 0.15) is 40.8 Å². The quantitative estimate of drug-likeness (QED) is 0.877. The third kappa shape index (κ3) is 1.31. The van der Waals surface area contributed by atoms with Gasteiger partial charge in [0.05, 0.1) is 5.69 Å². The van der Waals surface area contributed by atoms with Crippen LogP contribution in [0.2, 0.25) is 0 Å². The Hall–Kier alpha value is -1.61. The molecule has 1 aromatic heterocycles. The van der Waals surface area contributed by atoms with E-state index in [1.165, 1.54) is 30.4 Å². The molecule has 18 heavy (non-hydrogen) atoms. The van der Waals surface area contributed by atoms with Crippen LogP contribution < -0.4 is 5.73 Å². The number of aryl methyl sites for hydroxylation is 1. The highest BCUT2D eigenvalue weighted by Gasteiger charge is 2.56. The van der Waals surface area contributed by atoms with Crippen molar-refractivity contribution in [2.24, 2.45) is 11.7 Å². The summed E-state index contributed by atoms with van der Waals surface area (Å²) in [7, 11) is 0. The standard InChI is InChI=1S/C15H16N2O/c16-7-12-15(18-8-17-12)14-11-6-5-9-3-1-2-4-10(9)13(11)14/h1-4,8,11,13-14H,5-7,16H2. The molecule has 0 bridgehead atoms. The fourth-order valence-corrected chi connectivity index (χ4v) is 3.63. The van der Waals surface area contributed by atoms with Gasteiger partial charge in [-0.2, -0.15) is 0 Å². The molecule has 0 radical (unpaired) electrons. The molecule has 2 aliphatic carbocycles. The van der Waals surface area contributed by atoms with E-state index in [0.29, 0.717) is 18.4 Å². The first-order valence-corrected chi connectivity index (χ1v) is 6.60. The van der Waals surface area contributed by atoms with Gasteiger partial charge in [-0.1, -0.05) is 24.3 Å². The minimum Gasteiger partial charge on any atom is -0.448 e. The highest BCUT2D eigenvalue weighted by atomic mass is 16.3. The molecule has 1 fully saturated rings. The number of hydrogen-bond donors (Lipinski definition) is 1. The van der Waals surface area contributed by atoms with Crippen LogP contribution >= 0.6 is 0 Å². The largest absolute Gasteiger partial charge is 0.448 e. The van der Waals surface area contributed by atoms with E-state index < -0.39 is 0 Å². The number of rotatable bonds is 2. The molecular weight excluding hydrogens is 224 g/mol. The average Bonchev–Trinajstić information content (AvgIpc) is 2.98. The molecule has 0 aliphatic heterocycles. The molecule has 1 heterocycles. The van der Waals surface area contributed by atoms with Crippen molar-refractivity contribution in [3.63, 3.8) is 0 Å². The van der Waals surface area contributed by atoms with Gasteiger partial charge in [-0.05, 0) is 35.8 Å². The average molecular weight is 240 g/mol. The molecule has 3 heteroatoms. The lowest BCUT2D eigenvalue weighted by Gasteiger charge is -2.13. The minimum absolute atomic E-state index is 0.476. The van der Waals surface area contributed by atoms with Gasteiger partial charge in [0.15, 0.2) is 6.39 Å². The number of nitrogens with zero attached hydrogens (tertiary/aromatic N) is 1. The highest BCUT2D eigenvalue weighted by molar-refractivity contribution is 5.44. The number of oxazole rings is 1. The van der Waals surface area contributed by atoms with E-state index >= 15 is 0 Å². The molecule has 1 saturated carbocycles. The van der Waals surface area contributed by atoms with Crippen molar-refractivity contribution in [1.29, 1.82) is 0 Å². The topological polar surface area (TPSA) is 52.0 Å². The summed E-state index contributed by atoms with van der Waals surface area (Å²) in [5.74, 6) is 2.91. The molecule has 4 rings (SSSR count). The predicted molar refractivity (Wildman–Crippen MR) is 68.1 cm³/mol. The zero-order valence-corrected chi connectivity index (χ0v) is 10.2. The van der Waals surface area contributed by atoms with Gasteiger partial charge in [-0.15, -0.1) is 0 Å². The molecule has 2 N–H and O–H groups in total. The number of nitrogens with two attached hydrogens (primary N) is 1. The van der Waals surface area contributed by atoms with Crippen molar-refractivity contribution in [3.8, 4) is 0 Å². The Balaban J connectivity index is 1.73. The second-order valence-electron chi connectivity index (χ2n) is 5.32. The maximum absolute atomic E-state index is 5.72. The number of benzene rings is 1. The van der Waals surface area contributed by atoms with Gasteiger partial charge >= 0.3 is 0 Å². The van der Waals surface area contributed by atoms with E-state index in [1.54, 1.807) is 0 Å². The smallest absolute Gasteiger partial charge is 0.181 e. The normalized spacial score (nSPS) is 28.6. The minimum atomic E-state index is 0.476. The molecule has 0 saturated heterocycles. The van der Waals surface area contributed by atoms with E-state index in [9.17, 15) is 0 Å². The monoisotopic (exact) mass is 240 g/mol. The van der Waals surface area contributed by atoms with E-state index in [1.807, 2.05) is 0 Å². The summed E-state index contributed by atoms with van der Waals surface area (Å²) >= 11 is 0. The second kappa shape index (κ2) is 3.69. The number of aromatic nitrogens is 1. The summed E-state index contributed by atoms with van der Waals surface area (Å²) in [4.78, 5) is 4.22. The van der Waals surface area contributed by atoms with Crippen LogP contribution in [-0.2, 0) is 13.0 Å². The number of hydrogen-bond acceptors (Lipinski definition) is 3. The Morgan fingerprint density at radius 3 is 3.06 bits per heavy atom. The summed E-state index contributed by atoms with van der Waals surface area (Å²) in [5, 5.41) is 0. The summed E-state index contributed by atoms with van der Waals surface area (Å²) in [5.41, 5.74) is 9.68. The maximum Gasteiger partial charge on any atom is 0.181 e. The Morgan fingerprint density at radius 2 is 2.17 bits per heavy atom.